The number of benzene rings is 2. The third-order valence-corrected chi connectivity index (χ3v) is 8.39. The second-order valence-corrected chi connectivity index (χ2v) is 12.3. The molecule has 0 spiro atoms. The van der Waals surface area contributed by atoms with Gasteiger partial charge in [0.25, 0.3) is 0 Å². The van der Waals surface area contributed by atoms with Gasteiger partial charge in [-0.25, -0.2) is 18.1 Å². The Balaban J connectivity index is 1.26. The third kappa shape index (κ3) is 6.30. The molecule has 3 aromatic rings. The number of rotatable bonds is 8. The molecular formula is C27H37N5O2S. The summed E-state index contributed by atoms with van der Waals surface area (Å²) >= 11 is 0. The van der Waals surface area contributed by atoms with Crippen molar-refractivity contribution in [2.75, 3.05) is 30.8 Å². The van der Waals surface area contributed by atoms with E-state index < -0.39 is 10.0 Å². The van der Waals surface area contributed by atoms with Gasteiger partial charge in [-0.2, -0.15) is 4.98 Å². The van der Waals surface area contributed by atoms with E-state index in [1.807, 2.05) is 43.4 Å². The van der Waals surface area contributed by atoms with Gasteiger partial charge in [0.1, 0.15) is 5.82 Å². The summed E-state index contributed by atoms with van der Waals surface area (Å²) in [6, 6.07) is 15.2. The van der Waals surface area contributed by atoms with Gasteiger partial charge < -0.3 is 10.6 Å². The smallest absolute Gasteiger partial charge is 0.240 e. The van der Waals surface area contributed by atoms with Gasteiger partial charge in [0.15, 0.2) is 0 Å². The standard InChI is InChI=1S/C27H37N5O2S/c1-27(2,3)21-13-15-22(16-14-21)35(33,34)30-18-20-11-9-19(10-12-20)17-29-26-31-24-8-6-5-7-23(24)25(28-4)32-26/h5-8,13-16,19-20,30H,9-12,17-18H2,1-4H3,(H2,28,29,31,32)/t19-,20-. The summed E-state index contributed by atoms with van der Waals surface area (Å²) in [5, 5.41) is 7.58. The van der Waals surface area contributed by atoms with Gasteiger partial charge in [0, 0.05) is 25.5 Å². The minimum Gasteiger partial charge on any atom is -0.372 e. The normalized spacial score (nSPS) is 19.0. The summed E-state index contributed by atoms with van der Waals surface area (Å²) in [4.78, 5) is 9.59. The van der Waals surface area contributed by atoms with Crippen LogP contribution in [-0.4, -0.2) is 38.5 Å². The SMILES string of the molecule is CNc1nc(NC[C@H]2CC[C@H](CNS(=O)(=O)c3ccc(C(C)(C)C)cc3)CC2)nc2ccccc12. The molecule has 8 heteroatoms. The van der Waals surface area contributed by atoms with E-state index in [4.69, 9.17) is 0 Å². The molecule has 188 valence electrons. The first-order chi connectivity index (χ1) is 16.7. The van der Waals surface area contributed by atoms with Crippen LogP contribution in [0.25, 0.3) is 10.9 Å². The predicted octanol–water partition coefficient (Wildman–Crippen LogP) is 5.17. The van der Waals surface area contributed by atoms with Crippen molar-refractivity contribution in [2.45, 2.75) is 56.8 Å². The van der Waals surface area contributed by atoms with Gasteiger partial charge in [-0.3, -0.25) is 0 Å². The Kier molecular flexibility index (Phi) is 7.62. The maximum atomic E-state index is 12.8. The van der Waals surface area contributed by atoms with Crippen LogP contribution < -0.4 is 15.4 Å². The van der Waals surface area contributed by atoms with Crippen LogP contribution in [0.3, 0.4) is 0 Å². The van der Waals surface area contributed by atoms with Crippen LogP contribution in [0.5, 0.6) is 0 Å². The molecule has 0 radical (unpaired) electrons. The Morgan fingerprint density at radius 1 is 0.886 bits per heavy atom. The van der Waals surface area contributed by atoms with Crippen molar-refractivity contribution in [3.63, 3.8) is 0 Å². The fraction of sp³-hybridized carbons (Fsp3) is 0.481. The van der Waals surface area contributed by atoms with E-state index in [1.54, 1.807) is 12.1 Å². The number of aromatic nitrogens is 2. The number of para-hydroxylation sites is 1. The summed E-state index contributed by atoms with van der Waals surface area (Å²) in [6.07, 6.45) is 4.15. The summed E-state index contributed by atoms with van der Waals surface area (Å²) in [5.41, 5.74) is 2.04. The second-order valence-electron chi connectivity index (χ2n) is 10.6. The maximum Gasteiger partial charge on any atom is 0.240 e. The van der Waals surface area contributed by atoms with Crippen molar-refractivity contribution in [3.8, 4) is 0 Å². The van der Waals surface area contributed by atoms with Crippen LogP contribution in [0.15, 0.2) is 53.4 Å². The lowest BCUT2D eigenvalue weighted by Crippen LogP contribution is -2.32. The van der Waals surface area contributed by atoms with Gasteiger partial charge in [-0.1, -0.05) is 45.0 Å². The number of hydrogen-bond donors (Lipinski definition) is 3. The first kappa shape index (κ1) is 25.4. The highest BCUT2D eigenvalue weighted by Gasteiger charge is 2.24. The first-order valence-corrected chi connectivity index (χ1v) is 13.9. The van der Waals surface area contributed by atoms with Crippen molar-refractivity contribution < 1.29 is 8.42 Å². The predicted molar refractivity (Wildman–Crippen MR) is 143 cm³/mol. The van der Waals surface area contributed by atoms with E-state index in [1.165, 1.54) is 0 Å². The van der Waals surface area contributed by atoms with Gasteiger partial charge in [-0.15, -0.1) is 0 Å². The van der Waals surface area contributed by atoms with Crippen molar-refractivity contribution >= 4 is 32.7 Å². The Bertz CT molecular complexity index is 1240. The summed E-state index contributed by atoms with van der Waals surface area (Å²) in [5.74, 6) is 2.35. The molecule has 1 aromatic heterocycles. The van der Waals surface area contributed by atoms with Gasteiger partial charge in [0.05, 0.1) is 10.4 Å². The topological polar surface area (TPSA) is 96.0 Å². The molecule has 1 aliphatic rings. The molecule has 1 heterocycles. The molecule has 0 atom stereocenters. The Labute approximate surface area is 209 Å². The van der Waals surface area contributed by atoms with Gasteiger partial charge >= 0.3 is 0 Å². The van der Waals surface area contributed by atoms with Crippen LogP contribution in [0.4, 0.5) is 11.8 Å². The van der Waals surface area contributed by atoms with Crippen LogP contribution in [0.2, 0.25) is 0 Å². The molecule has 0 bridgehead atoms. The molecule has 7 nitrogen and oxygen atoms in total. The second kappa shape index (κ2) is 10.5. The van der Waals surface area contributed by atoms with E-state index in [2.05, 4.69) is 46.1 Å². The zero-order valence-electron chi connectivity index (χ0n) is 21.1. The third-order valence-electron chi connectivity index (χ3n) is 6.95. The van der Waals surface area contributed by atoms with Crippen LogP contribution in [0.1, 0.15) is 52.0 Å². The zero-order chi connectivity index (χ0) is 25.1. The Morgan fingerprint density at radius 3 is 2.14 bits per heavy atom. The largest absolute Gasteiger partial charge is 0.372 e. The van der Waals surface area contributed by atoms with Crippen LogP contribution in [-0.2, 0) is 15.4 Å². The molecule has 3 N–H and O–H groups in total. The number of fused-ring (bicyclic) bond motifs is 1. The number of sulfonamides is 1. The lowest BCUT2D eigenvalue weighted by Gasteiger charge is -2.28. The molecule has 1 fully saturated rings. The first-order valence-electron chi connectivity index (χ1n) is 12.4. The lowest BCUT2D eigenvalue weighted by molar-refractivity contribution is 0.284. The lowest BCUT2D eigenvalue weighted by atomic mass is 9.82. The van der Waals surface area contributed by atoms with E-state index in [0.29, 0.717) is 29.2 Å². The molecule has 35 heavy (non-hydrogen) atoms. The maximum absolute atomic E-state index is 12.8. The molecule has 0 aliphatic heterocycles. The van der Waals surface area contributed by atoms with Gasteiger partial charge in [0.2, 0.25) is 16.0 Å². The highest BCUT2D eigenvalue weighted by atomic mass is 32.2. The fourth-order valence-corrected chi connectivity index (χ4v) is 5.78. The van der Waals surface area contributed by atoms with Crippen LogP contribution >= 0.6 is 0 Å². The number of nitrogens with one attached hydrogen (secondary N) is 3. The average Bonchev–Trinajstić information content (AvgIpc) is 2.86. The van der Waals surface area contributed by atoms with E-state index in [9.17, 15) is 8.42 Å². The highest BCUT2D eigenvalue weighted by molar-refractivity contribution is 7.89. The molecule has 0 saturated heterocycles. The summed E-state index contributed by atoms with van der Waals surface area (Å²) in [6.45, 7) is 7.67. The average molecular weight is 496 g/mol. The molecular weight excluding hydrogens is 458 g/mol. The molecule has 0 amide bonds. The zero-order valence-corrected chi connectivity index (χ0v) is 22.0. The quantitative estimate of drug-likeness (QED) is 0.399. The molecule has 1 aliphatic carbocycles. The van der Waals surface area contributed by atoms with E-state index in [0.717, 1.165) is 54.5 Å². The molecule has 1 saturated carbocycles. The Morgan fingerprint density at radius 2 is 1.51 bits per heavy atom. The molecule has 2 aromatic carbocycles. The number of hydrogen-bond acceptors (Lipinski definition) is 6. The monoisotopic (exact) mass is 495 g/mol. The molecule has 4 rings (SSSR count). The Hall–Kier alpha value is -2.71. The van der Waals surface area contributed by atoms with Crippen molar-refractivity contribution in [1.29, 1.82) is 0 Å². The van der Waals surface area contributed by atoms with E-state index >= 15 is 0 Å². The van der Waals surface area contributed by atoms with Crippen LogP contribution in [0, 0.1) is 11.8 Å². The summed E-state index contributed by atoms with van der Waals surface area (Å²) < 4.78 is 28.4. The number of nitrogens with zero attached hydrogens (tertiary/aromatic N) is 2. The minimum absolute atomic E-state index is 0.00117. The number of anilines is 2. The fourth-order valence-electron chi connectivity index (χ4n) is 4.67. The minimum atomic E-state index is -3.49. The highest BCUT2D eigenvalue weighted by Crippen LogP contribution is 2.30. The van der Waals surface area contributed by atoms with Gasteiger partial charge in [-0.05, 0) is 72.8 Å². The molecule has 0 unspecified atom stereocenters. The van der Waals surface area contributed by atoms with Crippen molar-refractivity contribution in [1.82, 2.24) is 14.7 Å². The van der Waals surface area contributed by atoms with Crippen molar-refractivity contribution in [2.24, 2.45) is 11.8 Å². The van der Waals surface area contributed by atoms with E-state index in [-0.39, 0.29) is 5.41 Å². The summed E-state index contributed by atoms with van der Waals surface area (Å²) in [7, 11) is -1.62. The van der Waals surface area contributed by atoms with Crippen molar-refractivity contribution in [3.05, 3.63) is 54.1 Å².